The topological polar surface area (TPSA) is 88.9 Å². The number of hydrogen-bond donors (Lipinski definition) is 3. The van der Waals surface area contributed by atoms with Gasteiger partial charge >= 0.3 is 0 Å². The minimum absolute atomic E-state index is 0.109. The number of nitrogens with one attached hydrogen (secondary N) is 3. The van der Waals surface area contributed by atoms with E-state index in [9.17, 15) is 17.6 Å². The molecule has 3 N–H and O–H groups in total. The normalized spacial score (nSPS) is 15.2. The lowest BCUT2D eigenvalue weighted by atomic mass is 10.2. The molecule has 28 heavy (non-hydrogen) atoms. The first kappa shape index (κ1) is 20.2. The van der Waals surface area contributed by atoms with Crippen molar-refractivity contribution < 1.29 is 27.2 Å². The van der Waals surface area contributed by atoms with Crippen LogP contribution in [0.4, 0.5) is 10.1 Å². The molecule has 0 unspecified atom stereocenters. The first-order valence-electron chi connectivity index (χ1n) is 9.02. The lowest BCUT2D eigenvalue weighted by molar-refractivity contribution is -0.906. The van der Waals surface area contributed by atoms with Crippen LogP contribution in [0.3, 0.4) is 0 Å². The van der Waals surface area contributed by atoms with Crippen LogP contribution in [0.5, 0.6) is 0 Å². The van der Waals surface area contributed by atoms with Gasteiger partial charge in [-0.15, -0.1) is 0 Å². The fourth-order valence-corrected chi connectivity index (χ4v) is 4.03. The highest BCUT2D eigenvalue weighted by molar-refractivity contribution is 7.92. The number of carbonyl (C=O) groups excluding carboxylic acids is 1. The van der Waals surface area contributed by atoms with Crippen molar-refractivity contribution in [2.75, 3.05) is 44.1 Å². The zero-order valence-electron chi connectivity index (χ0n) is 15.3. The summed E-state index contributed by atoms with van der Waals surface area (Å²) in [5, 5.41) is 2.81. The van der Waals surface area contributed by atoms with E-state index >= 15 is 0 Å². The van der Waals surface area contributed by atoms with Crippen LogP contribution in [0, 0.1) is 5.82 Å². The van der Waals surface area contributed by atoms with Gasteiger partial charge in [-0.2, -0.15) is 0 Å². The quantitative estimate of drug-likeness (QED) is 0.614. The third-order valence-corrected chi connectivity index (χ3v) is 5.85. The maximum atomic E-state index is 13.7. The molecule has 1 fully saturated rings. The van der Waals surface area contributed by atoms with Gasteiger partial charge in [0.05, 0.1) is 36.9 Å². The van der Waals surface area contributed by atoms with Crippen LogP contribution < -0.4 is 14.9 Å². The molecule has 3 rings (SSSR count). The molecule has 1 heterocycles. The molecule has 0 aliphatic carbocycles. The fourth-order valence-electron chi connectivity index (χ4n) is 2.92. The van der Waals surface area contributed by atoms with Crippen LogP contribution in [0.2, 0.25) is 0 Å². The molecule has 2 aromatic rings. The Labute approximate surface area is 163 Å². The molecule has 0 saturated carbocycles. The Bertz CT molecular complexity index is 930. The van der Waals surface area contributed by atoms with Gasteiger partial charge in [-0.25, -0.2) is 12.8 Å². The Hall–Kier alpha value is -2.49. The van der Waals surface area contributed by atoms with E-state index in [2.05, 4.69) is 10.0 Å². The van der Waals surface area contributed by atoms with Crippen LogP contribution in [-0.4, -0.2) is 53.7 Å². The van der Waals surface area contributed by atoms with Gasteiger partial charge < -0.3 is 15.0 Å². The molecule has 0 bridgehead atoms. The molecule has 0 atom stereocenters. The summed E-state index contributed by atoms with van der Waals surface area (Å²) in [5.74, 6) is -1.03. The molecule has 0 radical (unpaired) electrons. The Morgan fingerprint density at radius 2 is 1.86 bits per heavy atom. The van der Waals surface area contributed by atoms with Crippen LogP contribution in [-0.2, 0) is 14.8 Å². The Balaban J connectivity index is 1.63. The van der Waals surface area contributed by atoms with E-state index in [0.717, 1.165) is 38.9 Å². The van der Waals surface area contributed by atoms with E-state index in [1.807, 2.05) is 0 Å². The van der Waals surface area contributed by atoms with Crippen molar-refractivity contribution in [3.63, 3.8) is 0 Å². The van der Waals surface area contributed by atoms with E-state index in [0.29, 0.717) is 6.54 Å². The molecule has 0 spiro atoms. The largest absolute Gasteiger partial charge is 0.370 e. The summed E-state index contributed by atoms with van der Waals surface area (Å²) in [6.45, 7) is 4.52. The van der Waals surface area contributed by atoms with Crippen LogP contribution in [0.1, 0.15) is 10.4 Å². The van der Waals surface area contributed by atoms with Gasteiger partial charge in [0.2, 0.25) is 0 Å². The third kappa shape index (κ3) is 5.28. The second-order valence-corrected chi connectivity index (χ2v) is 8.16. The number of morpholine rings is 1. The van der Waals surface area contributed by atoms with Gasteiger partial charge in [-0.1, -0.05) is 18.2 Å². The van der Waals surface area contributed by atoms with Gasteiger partial charge in [-0.3, -0.25) is 9.52 Å². The SMILES string of the molecule is O=C(NCC[NH+]1CCOCC1)c1cccc(S(=O)(=O)Nc2ccccc2F)c1. The summed E-state index contributed by atoms with van der Waals surface area (Å²) in [4.78, 5) is 13.6. The number of anilines is 1. The lowest BCUT2D eigenvalue weighted by Crippen LogP contribution is -3.14. The summed E-state index contributed by atoms with van der Waals surface area (Å²) < 4.78 is 46.3. The number of amides is 1. The van der Waals surface area contributed by atoms with E-state index < -0.39 is 15.8 Å². The summed E-state index contributed by atoms with van der Waals surface area (Å²) in [7, 11) is -4.02. The number of sulfonamides is 1. The van der Waals surface area contributed by atoms with Crippen LogP contribution >= 0.6 is 0 Å². The van der Waals surface area contributed by atoms with Gasteiger partial charge in [0.1, 0.15) is 18.9 Å². The van der Waals surface area contributed by atoms with Crippen molar-refractivity contribution in [1.29, 1.82) is 0 Å². The number of rotatable bonds is 7. The van der Waals surface area contributed by atoms with Gasteiger partial charge in [0, 0.05) is 5.56 Å². The minimum atomic E-state index is -4.02. The van der Waals surface area contributed by atoms with Crippen molar-refractivity contribution >= 4 is 21.6 Å². The number of para-hydroxylation sites is 1. The second kappa shape index (κ2) is 9.13. The zero-order chi connectivity index (χ0) is 20.0. The lowest BCUT2D eigenvalue weighted by Gasteiger charge is -2.23. The maximum absolute atomic E-state index is 13.7. The summed E-state index contributed by atoms with van der Waals surface area (Å²) in [6, 6.07) is 11.2. The molecule has 1 aliphatic rings. The monoisotopic (exact) mass is 408 g/mol. The minimum Gasteiger partial charge on any atom is -0.370 e. The average Bonchev–Trinajstić information content (AvgIpc) is 2.70. The van der Waals surface area contributed by atoms with Crippen molar-refractivity contribution in [3.8, 4) is 0 Å². The van der Waals surface area contributed by atoms with Crippen molar-refractivity contribution in [3.05, 3.63) is 59.9 Å². The number of carbonyl (C=O) groups is 1. The number of ether oxygens (including phenoxy) is 1. The highest BCUT2D eigenvalue weighted by Crippen LogP contribution is 2.19. The Morgan fingerprint density at radius 3 is 2.61 bits per heavy atom. The van der Waals surface area contributed by atoms with Crippen molar-refractivity contribution in [2.24, 2.45) is 0 Å². The third-order valence-electron chi connectivity index (χ3n) is 4.49. The first-order chi connectivity index (χ1) is 13.5. The number of benzene rings is 2. The Morgan fingerprint density at radius 1 is 1.11 bits per heavy atom. The van der Waals surface area contributed by atoms with Crippen molar-refractivity contribution in [2.45, 2.75) is 4.90 Å². The molecule has 2 aromatic carbocycles. The zero-order valence-corrected chi connectivity index (χ0v) is 16.1. The number of quaternary nitrogens is 1. The first-order valence-corrected chi connectivity index (χ1v) is 10.5. The molecule has 9 heteroatoms. The predicted octanol–water partition coefficient (Wildman–Crippen LogP) is 0.271. The molecule has 0 aromatic heterocycles. The van der Waals surface area contributed by atoms with E-state index in [1.165, 1.54) is 41.3 Å². The number of hydrogen-bond acceptors (Lipinski definition) is 4. The van der Waals surface area contributed by atoms with Crippen LogP contribution in [0.25, 0.3) is 0 Å². The predicted molar refractivity (Wildman–Crippen MR) is 102 cm³/mol. The van der Waals surface area contributed by atoms with E-state index in [4.69, 9.17) is 4.74 Å². The molecule has 1 saturated heterocycles. The second-order valence-electron chi connectivity index (χ2n) is 6.48. The molecular formula is C19H23FN3O4S+. The van der Waals surface area contributed by atoms with Crippen LogP contribution in [0.15, 0.2) is 53.4 Å². The van der Waals surface area contributed by atoms with Gasteiger partial charge in [0.15, 0.2) is 0 Å². The molecule has 7 nitrogen and oxygen atoms in total. The molecule has 1 amide bonds. The van der Waals surface area contributed by atoms with Gasteiger partial charge in [0.25, 0.3) is 15.9 Å². The highest BCUT2D eigenvalue weighted by Gasteiger charge is 2.18. The molecule has 150 valence electrons. The standard InChI is InChI=1S/C19H22FN3O4S/c20-17-6-1-2-7-18(17)22-28(25,26)16-5-3-4-15(14-16)19(24)21-8-9-23-10-12-27-13-11-23/h1-7,14,22H,8-13H2,(H,21,24)/p+1. The summed E-state index contributed by atoms with van der Waals surface area (Å²) >= 11 is 0. The van der Waals surface area contributed by atoms with Crippen molar-refractivity contribution in [1.82, 2.24) is 5.32 Å². The number of halogens is 1. The highest BCUT2D eigenvalue weighted by atomic mass is 32.2. The summed E-state index contributed by atoms with van der Waals surface area (Å²) in [6.07, 6.45) is 0. The molecule has 1 aliphatic heterocycles. The maximum Gasteiger partial charge on any atom is 0.262 e. The smallest absolute Gasteiger partial charge is 0.262 e. The van der Waals surface area contributed by atoms with E-state index in [-0.39, 0.29) is 22.1 Å². The average molecular weight is 408 g/mol. The summed E-state index contributed by atoms with van der Waals surface area (Å²) in [5.41, 5.74) is 0.0826. The Kier molecular flexibility index (Phi) is 6.61. The van der Waals surface area contributed by atoms with E-state index in [1.54, 1.807) is 6.07 Å². The van der Waals surface area contributed by atoms with Gasteiger partial charge in [-0.05, 0) is 30.3 Å². The molecular weight excluding hydrogens is 385 g/mol. The fraction of sp³-hybridized carbons (Fsp3) is 0.316.